The lowest BCUT2D eigenvalue weighted by Crippen LogP contribution is -2.55. The number of amides is 4. The van der Waals surface area contributed by atoms with Crippen LogP contribution in [-0.4, -0.2) is 70.9 Å². The number of aliphatic hydroxyl groups excluding tert-OH is 2. The van der Waals surface area contributed by atoms with E-state index in [0.29, 0.717) is 0 Å². The van der Waals surface area contributed by atoms with Gasteiger partial charge in [-0.25, -0.2) is 4.79 Å². The third-order valence-electron chi connectivity index (χ3n) is 7.65. The average molecular weight is 627 g/mol. The Morgan fingerprint density at radius 3 is 1.78 bits per heavy atom. The summed E-state index contributed by atoms with van der Waals surface area (Å²) >= 11 is 0. The molecular weight excluding hydrogens is 576 g/mol. The summed E-state index contributed by atoms with van der Waals surface area (Å²) in [5.74, 6) is -2.26. The van der Waals surface area contributed by atoms with Gasteiger partial charge >= 0.3 is 6.09 Å². The molecule has 6 unspecified atom stereocenters. The molecule has 6 N–H and O–H groups in total. The lowest BCUT2D eigenvalue weighted by molar-refractivity contribution is -0.133. The second kappa shape index (κ2) is 18.8. The van der Waals surface area contributed by atoms with Crippen molar-refractivity contribution >= 4 is 23.8 Å². The van der Waals surface area contributed by atoms with Crippen LogP contribution >= 0.6 is 0 Å². The Kier molecular flexibility index (Phi) is 15.5. The SMILES string of the molecule is CC(CC(O)C(Cc1ccccc1)NC(=O)C(C)NC(=O)OCc1ccccc1)C(=O)NC(C(=O)NC(CO)C(C)C)C(C)C. The summed E-state index contributed by atoms with van der Waals surface area (Å²) in [6.45, 7) is 10.4. The summed E-state index contributed by atoms with van der Waals surface area (Å²) in [5, 5.41) is 31.8. The van der Waals surface area contributed by atoms with Crippen molar-refractivity contribution in [3.63, 3.8) is 0 Å². The predicted octanol–water partition coefficient (Wildman–Crippen LogP) is 2.69. The molecule has 0 saturated carbocycles. The van der Waals surface area contributed by atoms with Crippen molar-refractivity contribution in [3.8, 4) is 0 Å². The maximum Gasteiger partial charge on any atom is 0.408 e. The minimum Gasteiger partial charge on any atom is -0.445 e. The molecule has 0 aliphatic heterocycles. The molecule has 2 aromatic carbocycles. The number of carbonyl (C=O) groups is 4. The van der Waals surface area contributed by atoms with Crippen molar-refractivity contribution in [2.24, 2.45) is 17.8 Å². The molecule has 45 heavy (non-hydrogen) atoms. The first-order chi connectivity index (χ1) is 21.3. The topological polar surface area (TPSA) is 166 Å². The summed E-state index contributed by atoms with van der Waals surface area (Å²) in [7, 11) is 0. The van der Waals surface area contributed by atoms with E-state index in [1.165, 1.54) is 6.92 Å². The van der Waals surface area contributed by atoms with Gasteiger partial charge in [0.1, 0.15) is 18.7 Å². The van der Waals surface area contributed by atoms with Gasteiger partial charge in [-0.05, 0) is 42.7 Å². The van der Waals surface area contributed by atoms with Gasteiger partial charge in [0.25, 0.3) is 0 Å². The highest BCUT2D eigenvalue weighted by molar-refractivity contribution is 5.89. The van der Waals surface area contributed by atoms with Gasteiger partial charge in [0.2, 0.25) is 17.7 Å². The molecule has 248 valence electrons. The van der Waals surface area contributed by atoms with Crippen LogP contribution in [0.25, 0.3) is 0 Å². The van der Waals surface area contributed by atoms with Crippen LogP contribution in [0.4, 0.5) is 4.79 Å². The van der Waals surface area contributed by atoms with E-state index in [-0.39, 0.29) is 37.9 Å². The first-order valence-electron chi connectivity index (χ1n) is 15.5. The molecule has 0 radical (unpaired) electrons. The Labute approximate surface area is 266 Å². The van der Waals surface area contributed by atoms with Gasteiger partial charge in [-0.1, -0.05) is 95.3 Å². The molecule has 0 heterocycles. The number of nitrogens with one attached hydrogen (secondary N) is 4. The van der Waals surface area contributed by atoms with Gasteiger partial charge in [-0.3, -0.25) is 14.4 Å². The van der Waals surface area contributed by atoms with Crippen molar-refractivity contribution in [1.29, 1.82) is 0 Å². The molecule has 0 aromatic heterocycles. The molecule has 0 saturated heterocycles. The normalized spacial score (nSPS) is 15.2. The molecule has 0 aliphatic carbocycles. The standard InChI is InChI=1S/C34H50N4O7/c1-21(2)28(19-39)37-33(43)30(22(3)4)38-31(41)23(5)17-29(40)27(18-25-13-9-7-10-14-25)36-32(42)24(6)35-34(44)45-20-26-15-11-8-12-16-26/h7-16,21-24,27-30,39-40H,17-20H2,1-6H3,(H,35,44)(H,36,42)(H,37,43)(H,38,41). The Morgan fingerprint density at radius 2 is 1.24 bits per heavy atom. The molecule has 0 aliphatic rings. The minimum atomic E-state index is -1.13. The van der Waals surface area contributed by atoms with Crippen LogP contribution in [-0.2, 0) is 32.1 Å². The monoisotopic (exact) mass is 626 g/mol. The lowest BCUT2D eigenvalue weighted by atomic mass is 9.92. The summed E-state index contributed by atoms with van der Waals surface area (Å²) < 4.78 is 5.22. The molecule has 2 rings (SSSR count). The number of alkyl carbamates (subject to hydrolysis) is 1. The number of hydrogen-bond acceptors (Lipinski definition) is 7. The smallest absolute Gasteiger partial charge is 0.408 e. The van der Waals surface area contributed by atoms with Gasteiger partial charge in [0.05, 0.1) is 24.8 Å². The lowest BCUT2D eigenvalue weighted by Gasteiger charge is -2.29. The molecule has 0 bridgehead atoms. The van der Waals surface area contributed by atoms with Crippen LogP contribution in [0.2, 0.25) is 0 Å². The summed E-state index contributed by atoms with van der Waals surface area (Å²) in [5.41, 5.74) is 1.67. The van der Waals surface area contributed by atoms with Crippen LogP contribution in [0.1, 0.15) is 59.1 Å². The van der Waals surface area contributed by atoms with Gasteiger partial charge in [-0.15, -0.1) is 0 Å². The summed E-state index contributed by atoms with van der Waals surface area (Å²) in [6, 6.07) is 15.4. The highest BCUT2D eigenvalue weighted by Crippen LogP contribution is 2.16. The Bertz CT molecular complexity index is 1210. The Balaban J connectivity index is 2.05. The maximum absolute atomic E-state index is 13.2. The van der Waals surface area contributed by atoms with Gasteiger partial charge in [-0.2, -0.15) is 0 Å². The van der Waals surface area contributed by atoms with Crippen molar-refractivity contribution in [3.05, 3.63) is 71.8 Å². The van der Waals surface area contributed by atoms with Gasteiger partial charge in [0.15, 0.2) is 0 Å². The number of benzene rings is 2. The first-order valence-corrected chi connectivity index (χ1v) is 15.5. The third kappa shape index (κ3) is 12.9. The van der Waals surface area contributed by atoms with E-state index in [1.54, 1.807) is 6.92 Å². The number of ether oxygens (including phenoxy) is 1. The Hall–Kier alpha value is -3.96. The van der Waals surface area contributed by atoms with Gasteiger partial charge < -0.3 is 36.2 Å². The largest absolute Gasteiger partial charge is 0.445 e. The highest BCUT2D eigenvalue weighted by atomic mass is 16.5. The zero-order chi connectivity index (χ0) is 33.5. The van der Waals surface area contributed by atoms with E-state index in [0.717, 1.165) is 11.1 Å². The van der Waals surface area contributed by atoms with Crippen molar-refractivity contribution < 1.29 is 34.1 Å². The molecule has 2 aromatic rings. The second-order valence-electron chi connectivity index (χ2n) is 12.2. The first kappa shape index (κ1) is 37.2. The van der Waals surface area contributed by atoms with E-state index in [9.17, 15) is 29.4 Å². The zero-order valence-corrected chi connectivity index (χ0v) is 27.2. The van der Waals surface area contributed by atoms with E-state index >= 15 is 0 Å². The fraction of sp³-hybridized carbons (Fsp3) is 0.529. The number of carbonyl (C=O) groups excluding carboxylic acids is 4. The summed E-state index contributed by atoms with van der Waals surface area (Å²) in [4.78, 5) is 51.5. The van der Waals surface area contributed by atoms with E-state index in [1.807, 2.05) is 88.4 Å². The zero-order valence-electron chi connectivity index (χ0n) is 27.2. The quantitative estimate of drug-likeness (QED) is 0.157. The maximum atomic E-state index is 13.2. The van der Waals surface area contributed by atoms with E-state index in [2.05, 4.69) is 21.3 Å². The number of rotatable bonds is 17. The molecule has 6 atom stereocenters. The average Bonchev–Trinajstić information content (AvgIpc) is 3.01. The predicted molar refractivity (Wildman–Crippen MR) is 172 cm³/mol. The minimum absolute atomic E-state index is 0.00222. The van der Waals surface area contributed by atoms with Crippen molar-refractivity contribution in [1.82, 2.24) is 21.3 Å². The van der Waals surface area contributed by atoms with Crippen LogP contribution in [0.5, 0.6) is 0 Å². The Morgan fingerprint density at radius 1 is 0.689 bits per heavy atom. The highest BCUT2D eigenvalue weighted by Gasteiger charge is 2.31. The summed E-state index contributed by atoms with van der Waals surface area (Å²) in [6.07, 6.45) is -1.60. The second-order valence-corrected chi connectivity index (χ2v) is 12.2. The molecule has 4 amide bonds. The van der Waals surface area contributed by atoms with Crippen molar-refractivity contribution in [2.45, 2.75) is 91.3 Å². The fourth-order valence-corrected chi connectivity index (χ4v) is 4.63. The van der Waals surface area contributed by atoms with Crippen LogP contribution in [0.3, 0.4) is 0 Å². The van der Waals surface area contributed by atoms with Crippen LogP contribution in [0.15, 0.2) is 60.7 Å². The fourth-order valence-electron chi connectivity index (χ4n) is 4.63. The van der Waals surface area contributed by atoms with E-state index in [4.69, 9.17) is 4.74 Å². The van der Waals surface area contributed by atoms with Crippen LogP contribution in [0, 0.1) is 17.8 Å². The molecule has 0 fully saturated rings. The molecular formula is C34H50N4O7. The van der Waals surface area contributed by atoms with Crippen LogP contribution < -0.4 is 21.3 Å². The molecule has 11 heteroatoms. The molecule has 0 spiro atoms. The number of aliphatic hydroxyl groups is 2. The van der Waals surface area contributed by atoms with Crippen molar-refractivity contribution in [2.75, 3.05) is 6.61 Å². The van der Waals surface area contributed by atoms with E-state index < -0.39 is 60.0 Å². The van der Waals surface area contributed by atoms with Gasteiger partial charge in [0, 0.05) is 5.92 Å². The molecule has 11 nitrogen and oxygen atoms in total. The number of hydrogen-bond donors (Lipinski definition) is 6. The third-order valence-corrected chi connectivity index (χ3v) is 7.65.